The highest BCUT2D eigenvalue weighted by molar-refractivity contribution is 6.32. The molecule has 2 atom stereocenters. The number of benzene rings is 2. The molecule has 0 aliphatic rings. The molecule has 1 amide bonds. The van der Waals surface area contributed by atoms with Gasteiger partial charge in [-0.1, -0.05) is 76.4 Å². The summed E-state index contributed by atoms with van der Waals surface area (Å²) in [5, 5.41) is 0.987. The van der Waals surface area contributed by atoms with Crippen molar-refractivity contribution in [3.05, 3.63) is 69.7 Å². The van der Waals surface area contributed by atoms with Crippen molar-refractivity contribution in [3.8, 4) is 5.69 Å². The molecule has 2 unspecified atom stereocenters. The largest absolute Gasteiger partial charge is 0.332 e. The Kier molecular flexibility index (Phi) is 8.90. The lowest BCUT2D eigenvalue weighted by atomic mass is 9.96. The number of halogens is 1. The summed E-state index contributed by atoms with van der Waals surface area (Å²) >= 11 is 6.55. The zero-order valence-corrected chi connectivity index (χ0v) is 21.7. The molecule has 0 aliphatic heterocycles. The van der Waals surface area contributed by atoms with Gasteiger partial charge >= 0.3 is 0 Å². The van der Waals surface area contributed by atoms with Gasteiger partial charge in [0, 0.05) is 12.5 Å². The molecule has 1 heterocycles. The Hall–Kier alpha value is -2.66. The summed E-state index contributed by atoms with van der Waals surface area (Å²) in [6, 6.07) is 14.2. The van der Waals surface area contributed by atoms with Crippen LogP contribution in [0.25, 0.3) is 16.6 Å². The van der Waals surface area contributed by atoms with Crippen molar-refractivity contribution in [2.45, 2.75) is 66.3 Å². The lowest BCUT2D eigenvalue weighted by Gasteiger charge is -2.34. The van der Waals surface area contributed by atoms with E-state index in [0.29, 0.717) is 34.0 Å². The molecule has 2 aromatic carbocycles. The Morgan fingerprint density at radius 2 is 1.74 bits per heavy atom. The van der Waals surface area contributed by atoms with Gasteiger partial charge in [0.05, 0.1) is 27.7 Å². The third-order valence-corrected chi connectivity index (χ3v) is 6.65. The predicted octanol–water partition coefficient (Wildman–Crippen LogP) is 6.80. The van der Waals surface area contributed by atoms with Crippen LogP contribution >= 0.6 is 11.6 Å². The normalized spacial score (nSPS) is 13.3. The van der Waals surface area contributed by atoms with Crippen LogP contribution in [0.15, 0.2) is 53.3 Å². The monoisotopic (exact) mass is 481 g/mol. The van der Waals surface area contributed by atoms with Crippen molar-refractivity contribution in [1.29, 1.82) is 0 Å². The van der Waals surface area contributed by atoms with Crippen molar-refractivity contribution in [1.82, 2.24) is 14.5 Å². The highest BCUT2D eigenvalue weighted by Crippen LogP contribution is 2.29. The molecule has 6 heteroatoms. The number of hydrogen-bond donors (Lipinski definition) is 0. The third kappa shape index (κ3) is 5.52. The number of carbonyl (C=O) groups excluding carboxylic acids is 1. The van der Waals surface area contributed by atoms with Gasteiger partial charge in [0.2, 0.25) is 5.91 Å². The second-order valence-corrected chi connectivity index (χ2v) is 9.79. The molecule has 0 saturated heterocycles. The topological polar surface area (TPSA) is 55.2 Å². The number of para-hydroxylation sites is 2. The molecule has 0 fully saturated rings. The predicted molar refractivity (Wildman–Crippen MR) is 141 cm³/mol. The van der Waals surface area contributed by atoms with Gasteiger partial charge in [-0.25, -0.2) is 4.98 Å². The van der Waals surface area contributed by atoms with Gasteiger partial charge in [-0.05, 0) is 49.9 Å². The van der Waals surface area contributed by atoms with Crippen LogP contribution in [0.4, 0.5) is 0 Å². The van der Waals surface area contributed by atoms with Crippen LogP contribution in [-0.2, 0) is 4.79 Å². The van der Waals surface area contributed by atoms with Gasteiger partial charge in [0.1, 0.15) is 5.82 Å². The average molecular weight is 482 g/mol. The second-order valence-electron chi connectivity index (χ2n) is 9.39. The van der Waals surface area contributed by atoms with Crippen molar-refractivity contribution < 1.29 is 4.79 Å². The van der Waals surface area contributed by atoms with E-state index in [9.17, 15) is 9.59 Å². The van der Waals surface area contributed by atoms with E-state index >= 15 is 0 Å². The number of rotatable bonds is 10. The quantitative estimate of drug-likeness (QED) is 0.320. The molecule has 182 valence electrons. The van der Waals surface area contributed by atoms with E-state index in [4.69, 9.17) is 16.6 Å². The Morgan fingerprint density at radius 3 is 2.38 bits per heavy atom. The summed E-state index contributed by atoms with van der Waals surface area (Å²) in [6.07, 6.45) is 3.74. The van der Waals surface area contributed by atoms with Crippen molar-refractivity contribution in [2.24, 2.45) is 11.8 Å². The first-order chi connectivity index (χ1) is 16.3. The fourth-order valence-corrected chi connectivity index (χ4v) is 4.68. The third-order valence-electron chi connectivity index (χ3n) is 6.33. The zero-order valence-electron chi connectivity index (χ0n) is 20.9. The van der Waals surface area contributed by atoms with Crippen LogP contribution in [0.3, 0.4) is 0 Å². The van der Waals surface area contributed by atoms with Crippen molar-refractivity contribution in [3.63, 3.8) is 0 Å². The number of amides is 1. The highest BCUT2D eigenvalue weighted by atomic mass is 35.5. The standard InChI is InChI=1S/C28H36ClN3O2/c1-6-8-13-21(7-2)27(33)31(18-19(3)4)20(5)26-30-24-16-11-9-14-22(24)28(34)32(26)25-17-12-10-15-23(25)29/h9-12,14-17,19-21H,6-8,13,18H2,1-5H3. The second kappa shape index (κ2) is 11.7. The summed E-state index contributed by atoms with van der Waals surface area (Å²) in [6.45, 7) is 11.0. The minimum absolute atomic E-state index is 0.0397. The molecular formula is C28H36ClN3O2. The number of aromatic nitrogens is 2. The minimum Gasteiger partial charge on any atom is -0.332 e. The van der Waals surface area contributed by atoms with Crippen LogP contribution in [0.2, 0.25) is 5.02 Å². The highest BCUT2D eigenvalue weighted by Gasteiger charge is 2.31. The summed E-state index contributed by atoms with van der Waals surface area (Å²) in [7, 11) is 0. The summed E-state index contributed by atoms with van der Waals surface area (Å²) in [4.78, 5) is 34.3. The molecule has 3 rings (SSSR count). The minimum atomic E-state index is -0.404. The van der Waals surface area contributed by atoms with E-state index in [1.54, 1.807) is 16.7 Å². The number of carbonyl (C=O) groups is 1. The molecular weight excluding hydrogens is 446 g/mol. The zero-order chi connectivity index (χ0) is 24.8. The SMILES string of the molecule is CCCCC(CC)C(=O)N(CC(C)C)C(C)c1nc2ccccc2c(=O)n1-c1ccccc1Cl. The first kappa shape index (κ1) is 26.0. The smallest absolute Gasteiger partial charge is 0.266 e. The van der Waals surface area contributed by atoms with Crippen LogP contribution < -0.4 is 5.56 Å². The van der Waals surface area contributed by atoms with Gasteiger partial charge in [-0.3, -0.25) is 14.2 Å². The first-order valence-corrected chi connectivity index (χ1v) is 12.7. The molecule has 0 bridgehead atoms. The Labute approximate surface area is 207 Å². The van der Waals surface area contributed by atoms with Crippen LogP contribution in [0, 0.1) is 11.8 Å². The van der Waals surface area contributed by atoms with Crippen LogP contribution in [-0.4, -0.2) is 26.9 Å². The molecule has 0 N–H and O–H groups in total. The number of hydrogen-bond acceptors (Lipinski definition) is 3. The molecule has 5 nitrogen and oxygen atoms in total. The molecule has 34 heavy (non-hydrogen) atoms. The van der Waals surface area contributed by atoms with Crippen molar-refractivity contribution in [2.75, 3.05) is 6.54 Å². The van der Waals surface area contributed by atoms with Crippen LogP contribution in [0.1, 0.15) is 72.2 Å². The number of unbranched alkanes of at least 4 members (excludes halogenated alkanes) is 1. The molecule has 0 aliphatic carbocycles. The lowest BCUT2D eigenvalue weighted by molar-refractivity contribution is -0.139. The molecule has 0 saturated carbocycles. The lowest BCUT2D eigenvalue weighted by Crippen LogP contribution is -2.42. The Balaban J connectivity index is 2.21. The van der Waals surface area contributed by atoms with Crippen LogP contribution in [0.5, 0.6) is 0 Å². The fraction of sp³-hybridized carbons (Fsp3) is 0.464. The Morgan fingerprint density at radius 1 is 1.06 bits per heavy atom. The average Bonchev–Trinajstić information content (AvgIpc) is 2.83. The fourth-order valence-electron chi connectivity index (χ4n) is 4.45. The van der Waals surface area contributed by atoms with E-state index in [1.807, 2.05) is 48.2 Å². The van der Waals surface area contributed by atoms with E-state index in [0.717, 1.165) is 25.7 Å². The van der Waals surface area contributed by atoms with Crippen molar-refractivity contribution >= 4 is 28.4 Å². The maximum atomic E-state index is 13.8. The number of nitrogens with zero attached hydrogens (tertiary/aromatic N) is 3. The summed E-state index contributed by atoms with van der Waals surface area (Å²) in [5.74, 6) is 0.888. The number of fused-ring (bicyclic) bond motifs is 1. The van der Waals surface area contributed by atoms with Gasteiger partial charge in [0.15, 0.2) is 0 Å². The maximum Gasteiger partial charge on any atom is 0.266 e. The summed E-state index contributed by atoms with van der Waals surface area (Å²) < 4.78 is 1.59. The van der Waals surface area contributed by atoms with Gasteiger partial charge in [0.25, 0.3) is 5.56 Å². The van der Waals surface area contributed by atoms with E-state index in [2.05, 4.69) is 27.7 Å². The molecule has 1 aromatic heterocycles. The molecule has 3 aromatic rings. The first-order valence-electron chi connectivity index (χ1n) is 12.4. The van der Waals surface area contributed by atoms with E-state index in [1.165, 1.54) is 0 Å². The van der Waals surface area contributed by atoms with Gasteiger partial charge in [-0.15, -0.1) is 0 Å². The molecule has 0 radical (unpaired) electrons. The molecule has 0 spiro atoms. The maximum absolute atomic E-state index is 13.8. The Bertz CT molecular complexity index is 1190. The summed E-state index contributed by atoms with van der Waals surface area (Å²) in [5.41, 5.74) is 1.01. The van der Waals surface area contributed by atoms with Gasteiger partial charge in [-0.2, -0.15) is 0 Å². The van der Waals surface area contributed by atoms with E-state index in [-0.39, 0.29) is 23.3 Å². The van der Waals surface area contributed by atoms with E-state index < -0.39 is 6.04 Å². The van der Waals surface area contributed by atoms with Gasteiger partial charge < -0.3 is 4.90 Å².